The van der Waals surface area contributed by atoms with Crippen molar-refractivity contribution in [1.29, 1.82) is 0 Å². The van der Waals surface area contributed by atoms with E-state index in [0.29, 0.717) is 25.7 Å². The third-order valence-corrected chi connectivity index (χ3v) is 19.8. The van der Waals surface area contributed by atoms with Gasteiger partial charge in [-0.05, 0) is 25.7 Å². The minimum Gasteiger partial charge on any atom is -0.462 e. The molecule has 0 fully saturated rings. The Hall–Kier alpha value is -1.94. The molecule has 0 aliphatic heterocycles. The van der Waals surface area contributed by atoms with Crippen molar-refractivity contribution in [3.8, 4) is 0 Å². The maximum absolute atomic E-state index is 13.1. The van der Waals surface area contributed by atoms with Crippen LogP contribution in [0.3, 0.4) is 0 Å². The molecule has 5 atom stereocenters. The number of hydrogen-bond donors (Lipinski definition) is 3. The molecule has 95 heavy (non-hydrogen) atoms. The Labute approximate surface area is 581 Å². The number of rotatable bonds is 77. The van der Waals surface area contributed by atoms with Crippen molar-refractivity contribution < 1.29 is 80.2 Å². The molecule has 564 valence electrons. The number of phosphoric acid groups is 2. The smallest absolute Gasteiger partial charge is 0.462 e. The Kier molecular flexibility index (Phi) is 69.1. The van der Waals surface area contributed by atoms with Crippen molar-refractivity contribution in [2.75, 3.05) is 39.6 Å². The molecule has 0 aromatic rings. The van der Waals surface area contributed by atoms with E-state index in [0.717, 1.165) is 96.3 Å². The fourth-order valence-electron chi connectivity index (χ4n) is 11.8. The summed E-state index contributed by atoms with van der Waals surface area (Å²) in [5.41, 5.74) is 0. The van der Waals surface area contributed by atoms with E-state index in [1.165, 1.54) is 231 Å². The summed E-state index contributed by atoms with van der Waals surface area (Å²) in [5.74, 6) is -2.12. The van der Waals surface area contributed by atoms with Crippen molar-refractivity contribution in [3.05, 3.63) is 0 Å². The summed E-state index contributed by atoms with van der Waals surface area (Å²) < 4.78 is 68.3. The van der Waals surface area contributed by atoms with E-state index in [2.05, 4.69) is 27.7 Å². The van der Waals surface area contributed by atoms with Gasteiger partial charge in [-0.3, -0.25) is 37.3 Å². The molecule has 0 aromatic carbocycles. The molecule has 0 radical (unpaired) electrons. The van der Waals surface area contributed by atoms with Crippen LogP contribution in [0.2, 0.25) is 0 Å². The first-order chi connectivity index (χ1) is 46.2. The van der Waals surface area contributed by atoms with Crippen LogP contribution in [0.15, 0.2) is 0 Å². The molecular weight excluding hydrogens is 1250 g/mol. The van der Waals surface area contributed by atoms with Crippen LogP contribution < -0.4 is 0 Å². The Morgan fingerprint density at radius 1 is 0.253 bits per heavy atom. The van der Waals surface area contributed by atoms with Gasteiger partial charge in [0, 0.05) is 25.7 Å². The number of esters is 4. The maximum atomic E-state index is 13.1. The van der Waals surface area contributed by atoms with Gasteiger partial charge in [-0.1, -0.05) is 355 Å². The number of aliphatic hydroxyl groups is 1. The molecule has 0 saturated heterocycles. The van der Waals surface area contributed by atoms with E-state index >= 15 is 0 Å². The lowest BCUT2D eigenvalue weighted by Gasteiger charge is -2.21. The molecule has 0 amide bonds. The van der Waals surface area contributed by atoms with Crippen molar-refractivity contribution in [2.45, 2.75) is 425 Å². The van der Waals surface area contributed by atoms with E-state index in [1.54, 1.807) is 0 Å². The van der Waals surface area contributed by atoms with Gasteiger partial charge in [0.05, 0.1) is 26.4 Å². The summed E-state index contributed by atoms with van der Waals surface area (Å²) in [6.07, 6.45) is 61.5. The first-order valence-electron chi connectivity index (χ1n) is 39.8. The van der Waals surface area contributed by atoms with Crippen LogP contribution >= 0.6 is 15.6 Å². The number of unbranched alkanes of at least 4 members (excludes halogenated alkanes) is 51. The molecule has 19 heteroatoms. The number of carbonyl (C=O) groups is 4. The van der Waals surface area contributed by atoms with Crippen LogP contribution in [0.1, 0.15) is 407 Å². The zero-order valence-corrected chi connectivity index (χ0v) is 63.4. The zero-order chi connectivity index (χ0) is 69.7. The molecule has 0 aliphatic rings. The average molecular weight is 1400 g/mol. The second-order valence-corrected chi connectivity index (χ2v) is 30.3. The normalized spacial score (nSPS) is 13.9. The van der Waals surface area contributed by atoms with Crippen LogP contribution in [0.4, 0.5) is 0 Å². The van der Waals surface area contributed by atoms with Crippen molar-refractivity contribution in [1.82, 2.24) is 0 Å². The summed E-state index contributed by atoms with van der Waals surface area (Å²) in [5, 5.41) is 10.6. The molecule has 0 aliphatic carbocycles. The van der Waals surface area contributed by atoms with Crippen LogP contribution in [0.25, 0.3) is 0 Å². The van der Waals surface area contributed by atoms with Gasteiger partial charge in [-0.15, -0.1) is 0 Å². The van der Waals surface area contributed by atoms with Gasteiger partial charge in [0.1, 0.15) is 19.3 Å². The number of hydrogen-bond acceptors (Lipinski definition) is 15. The van der Waals surface area contributed by atoms with Gasteiger partial charge >= 0.3 is 39.5 Å². The molecule has 0 heterocycles. The first kappa shape index (κ1) is 93.1. The zero-order valence-electron chi connectivity index (χ0n) is 61.6. The maximum Gasteiger partial charge on any atom is 0.472 e. The Morgan fingerprint density at radius 3 is 0.621 bits per heavy atom. The molecular formula is C76H148O17P2. The lowest BCUT2D eigenvalue weighted by molar-refractivity contribution is -0.161. The predicted octanol–water partition coefficient (Wildman–Crippen LogP) is 22.6. The molecule has 0 bridgehead atoms. The highest BCUT2D eigenvalue weighted by Gasteiger charge is 2.30. The second kappa shape index (κ2) is 70.5. The quantitative estimate of drug-likeness (QED) is 0.0222. The van der Waals surface area contributed by atoms with E-state index in [4.69, 9.17) is 37.0 Å². The van der Waals surface area contributed by atoms with Crippen LogP contribution in [0, 0.1) is 0 Å². The highest BCUT2D eigenvalue weighted by molar-refractivity contribution is 7.47. The Bertz CT molecular complexity index is 1810. The van der Waals surface area contributed by atoms with Gasteiger partial charge in [0.25, 0.3) is 0 Å². The van der Waals surface area contributed by atoms with Crippen molar-refractivity contribution in [2.24, 2.45) is 0 Å². The van der Waals surface area contributed by atoms with E-state index < -0.39 is 97.5 Å². The third-order valence-electron chi connectivity index (χ3n) is 17.9. The molecule has 2 unspecified atom stereocenters. The molecule has 0 spiro atoms. The minimum atomic E-state index is -4.95. The molecule has 0 rings (SSSR count). The van der Waals surface area contributed by atoms with E-state index in [-0.39, 0.29) is 25.7 Å². The summed E-state index contributed by atoms with van der Waals surface area (Å²) in [6, 6.07) is 0. The molecule has 3 N–H and O–H groups in total. The Balaban J connectivity index is 5.11. The van der Waals surface area contributed by atoms with Gasteiger partial charge in [-0.2, -0.15) is 0 Å². The van der Waals surface area contributed by atoms with Crippen molar-refractivity contribution >= 4 is 39.5 Å². The van der Waals surface area contributed by atoms with Gasteiger partial charge in [-0.25, -0.2) is 9.13 Å². The molecule has 17 nitrogen and oxygen atoms in total. The first-order valence-corrected chi connectivity index (χ1v) is 42.8. The largest absolute Gasteiger partial charge is 0.472 e. The predicted molar refractivity (Wildman–Crippen MR) is 386 cm³/mol. The minimum absolute atomic E-state index is 0.108. The van der Waals surface area contributed by atoms with Gasteiger partial charge < -0.3 is 33.8 Å². The highest BCUT2D eigenvalue weighted by Crippen LogP contribution is 2.45. The number of carbonyl (C=O) groups excluding carboxylic acids is 4. The summed E-state index contributed by atoms with van der Waals surface area (Å²) in [7, 11) is -9.90. The van der Waals surface area contributed by atoms with Crippen LogP contribution in [-0.4, -0.2) is 96.7 Å². The molecule has 0 saturated carbocycles. The fraction of sp³-hybridized carbons (Fsp3) is 0.947. The number of aliphatic hydroxyl groups excluding tert-OH is 1. The van der Waals surface area contributed by atoms with Gasteiger partial charge in [0.15, 0.2) is 12.2 Å². The second-order valence-electron chi connectivity index (χ2n) is 27.4. The summed E-state index contributed by atoms with van der Waals surface area (Å²) in [4.78, 5) is 72.5. The third kappa shape index (κ3) is 70.3. The number of ether oxygens (including phenoxy) is 4. The topological polar surface area (TPSA) is 237 Å². The van der Waals surface area contributed by atoms with E-state index in [9.17, 15) is 43.2 Å². The van der Waals surface area contributed by atoms with Gasteiger partial charge in [0.2, 0.25) is 0 Å². The highest BCUT2D eigenvalue weighted by atomic mass is 31.2. The van der Waals surface area contributed by atoms with Crippen molar-refractivity contribution in [3.63, 3.8) is 0 Å². The lowest BCUT2D eigenvalue weighted by atomic mass is 10.0. The monoisotopic (exact) mass is 1400 g/mol. The average Bonchev–Trinajstić information content (AvgIpc) is 1.64. The van der Waals surface area contributed by atoms with Crippen LogP contribution in [-0.2, 0) is 65.4 Å². The van der Waals surface area contributed by atoms with E-state index in [1.807, 2.05) is 0 Å². The standard InChI is InChI=1S/C76H148O17P2/c1-5-9-13-17-20-23-26-29-32-33-34-35-36-37-39-42-45-48-51-55-59-63-76(81)93-72(67-87-74(79)61-57-53-49-46-43-41-38-30-27-24-21-18-14-10-6-2)69-91-95(84,85)89-65-70(77)64-88-94(82,83)90-68-71(66-86-73(78)60-56-52-16-12-8-4)92-75(80)62-58-54-50-47-44-40-31-28-25-22-19-15-11-7-3/h70-72,77H,5-69H2,1-4H3,(H,82,83)(H,84,85)/t70-,71+,72+/m0/s1. The summed E-state index contributed by atoms with van der Waals surface area (Å²) in [6.45, 7) is 4.90. The molecule has 0 aromatic heterocycles. The number of phosphoric ester groups is 2. The summed E-state index contributed by atoms with van der Waals surface area (Å²) >= 11 is 0. The van der Waals surface area contributed by atoms with Crippen LogP contribution in [0.5, 0.6) is 0 Å². The SMILES string of the molecule is CCCCCCCCCCCCCCCCCCCCCCCC(=O)O[C@H](COC(=O)CCCCCCCCCCCCCCCCC)COP(=O)(O)OC[C@@H](O)COP(=O)(O)OC[C@@H](COC(=O)CCCCCCC)OC(=O)CCCCCCCCCCCCCCCC. The lowest BCUT2D eigenvalue weighted by Crippen LogP contribution is -2.30. The fourth-order valence-corrected chi connectivity index (χ4v) is 13.3. The Morgan fingerprint density at radius 2 is 0.421 bits per heavy atom.